The molecule has 4 aliphatic rings. The minimum Gasteiger partial charge on any atom is -0.429 e. The summed E-state index contributed by atoms with van der Waals surface area (Å²) in [6, 6.07) is 9.53. The molecule has 0 radical (unpaired) electrons. The third kappa shape index (κ3) is 13.9. The molecule has 4 amide bonds. The zero-order chi connectivity index (χ0) is 49.9. The van der Waals surface area contributed by atoms with Gasteiger partial charge >= 0.3 is 6.16 Å². The zero-order valence-electron chi connectivity index (χ0n) is 41.9. The van der Waals surface area contributed by atoms with E-state index in [4.69, 9.17) is 14.2 Å². The van der Waals surface area contributed by atoms with E-state index < -0.39 is 40.9 Å². The van der Waals surface area contributed by atoms with E-state index in [1.807, 2.05) is 0 Å². The van der Waals surface area contributed by atoms with Gasteiger partial charge < -0.3 is 35.5 Å². The number of fused-ring (bicyclic) bond motifs is 5. The molecule has 2 aromatic rings. The van der Waals surface area contributed by atoms with Crippen molar-refractivity contribution >= 4 is 41.2 Å². The van der Waals surface area contributed by atoms with Gasteiger partial charge in [-0.15, -0.1) is 0 Å². The molecule has 0 aromatic heterocycles. The van der Waals surface area contributed by atoms with E-state index in [9.17, 15) is 34.1 Å². The van der Waals surface area contributed by atoms with Crippen LogP contribution in [0.1, 0.15) is 144 Å². The van der Waals surface area contributed by atoms with Crippen LogP contribution in [0.4, 0.5) is 16.2 Å². The number of amides is 4. The molecule has 0 bridgehead atoms. The molecule has 3 fully saturated rings. The lowest BCUT2D eigenvalue weighted by Gasteiger charge is -2.58. The van der Waals surface area contributed by atoms with E-state index in [2.05, 4.69) is 62.0 Å². The lowest BCUT2D eigenvalue weighted by atomic mass is 9.47. The lowest BCUT2D eigenvalue weighted by Crippen LogP contribution is -2.51. The largest absolute Gasteiger partial charge is 0.514 e. The molecule has 378 valence electrons. The number of nitro benzene ring substituents is 1. The minimum absolute atomic E-state index is 0.0213. The van der Waals surface area contributed by atoms with Crippen molar-refractivity contribution < 1.29 is 43.1 Å². The summed E-state index contributed by atoms with van der Waals surface area (Å²) in [5, 5.41) is 21.6. The zero-order valence-corrected chi connectivity index (χ0v) is 41.9. The number of nitrogens with one attached hydrogen (secondary N) is 4. The summed E-state index contributed by atoms with van der Waals surface area (Å²) < 4.78 is 16.5. The highest BCUT2D eigenvalue weighted by Crippen LogP contribution is 2.67. The molecule has 3 saturated carbocycles. The first kappa shape index (κ1) is 53.0. The van der Waals surface area contributed by atoms with Crippen LogP contribution in [0.15, 0.2) is 60.2 Å². The molecule has 4 N–H and O–H groups in total. The molecule has 15 heteroatoms. The van der Waals surface area contributed by atoms with Crippen molar-refractivity contribution in [2.75, 3.05) is 18.5 Å². The van der Waals surface area contributed by atoms with Gasteiger partial charge in [0.2, 0.25) is 23.6 Å². The predicted molar refractivity (Wildman–Crippen MR) is 264 cm³/mol. The van der Waals surface area contributed by atoms with Crippen molar-refractivity contribution in [3.63, 3.8) is 0 Å². The maximum absolute atomic E-state index is 12.8. The third-order valence-corrected chi connectivity index (χ3v) is 16.2. The number of nitrogens with zero attached hydrogens (tertiary/aromatic N) is 1. The number of carbonyl (C=O) groups excluding carboxylic acids is 5. The molecular weight excluding hydrogens is 879 g/mol. The van der Waals surface area contributed by atoms with Crippen LogP contribution in [-0.4, -0.2) is 66.0 Å². The topological polar surface area (TPSA) is 204 Å². The smallest absolute Gasteiger partial charge is 0.429 e. The number of carbonyl (C=O) groups is 5. The van der Waals surface area contributed by atoms with Crippen molar-refractivity contribution in [2.45, 2.75) is 163 Å². The van der Waals surface area contributed by atoms with Crippen molar-refractivity contribution in [3.05, 3.63) is 75.9 Å². The van der Waals surface area contributed by atoms with Crippen LogP contribution in [0.3, 0.4) is 0 Å². The van der Waals surface area contributed by atoms with E-state index in [0.717, 1.165) is 48.3 Å². The van der Waals surface area contributed by atoms with Crippen LogP contribution in [0, 0.1) is 56.5 Å². The Hall–Kier alpha value is -5.31. The van der Waals surface area contributed by atoms with Gasteiger partial charge in [0.1, 0.15) is 24.4 Å². The first-order chi connectivity index (χ1) is 32.9. The second-order valence-electron chi connectivity index (χ2n) is 21.3. The molecule has 0 spiro atoms. The highest BCUT2D eigenvalue weighted by Gasteiger charge is 2.59. The van der Waals surface area contributed by atoms with Gasteiger partial charge in [0.15, 0.2) is 0 Å². The second kappa shape index (κ2) is 24.0. The number of non-ortho nitro benzene ring substituents is 1. The van der Waals surface area contributed by atoms with E-state index in [1.165, 1.54) is 95.9 Å². The summed E-state index contributed by atoms with van der Waals surface area (Å²) >= 11 is 0. The molecule has 2 aromatic carbocycles. The third-order valence-electron chi connectivity index (χ3n) is 16.2. The Kier molecular flexibility index (Phi) is 18.5. The number of allylic oxidation sites excluding steroid dienone is 1. The standard InChI is InChI=1S/C54H77N5O10/c1-34(2)10-8-11-35(3)45-22-23-46-44-21-14-39-32-43(26-28-53(39,6)47(44)27-29-54(45,46)7)67-31-9-30-55-48(60)24-25-49(61)56-36(4)50(62)57-37(5)51(63)58-40-15-12-38(13-16-40)33-68-52(64)69-42-19-17-41(18-20-42)59(65)66/h12-20,34-37,43-47H,8-11,21-33H2,1-7H3,(H,55,60)(H,56,61)(H,57,62)(H,58,63)/t35-,36+,37+,43?,44+,45-,46+,47+,53+,54-/m1/s1. The van der Waals surface area contributed by atoms with Crippen LogP contribution in [0.5, 0.6) is 5.75 Å². The fourth-order valence-electron chi connectivity index (χ4n) is 12.3. The molecule has 0 aliphatic heterocycles. The van der Waals surface area contributed by atoms with Gasteiger partial charge in [-0.3, -0.25) is 29.3 Å². The molecule has 0 heterocycles. The average molecular weight is 956 g/mol. The van der Waals surface area contributed by atoms with Crippen LogP contribution in [0.25, 0.3) is 0 Å². The van der Waals surface area contributed by atoms with E-state index >= 15 is 0 Å². The molecule has 15 nitrogen and oxygen atoms in total. The van der Waals surface area contributed by atoms with Crippen molar-refractivity contribution in [1.29, 1.82) is 0 Å². The number of rotatable bonds is 22. The number of ether oxygens (including phenoxy) is 3. The van der Waals surface area contributed by atoms with E-state index in [0.29, 0.717) is 36.2 Å². The average Bonchev–Trinajstić information content (AvgIpc) is 3.67. The number of hydrogen-bond donors (Lipinski definition) is 4. The van der Waals surface area contributed by atoms with Crippen LogP contribution < -0.4 is 26.0 Å². The van der Waals surface area contributed by atoms with E-state index in [1.54, 1.807) is 29.8 Å². The Labute approximate surface area is 408 Å². The summed E-state index contributed by atoms with van der Waals surface area (Å²) in [4.78, 5) is 73.1. The van der Waals surface area contributed by atoms with Gasteiger partial charge in [0.25, 0.3) is 5.69 Å². The predicted octanol–water partition coefficient (Wildman–Crippen LogP) is 9.97. The van der Waals surface area contributed by atoms with Crippen LogP contribution >= 0.6 is 0 Å². The highest BCUT2D eigenvalue weighted by atomic mass is 16.7. The maximum atomic E-state index is 12.8. The van der Waals surface area contributed by atoms with Gasteiger partial charge in [-0.1, -0.05) is 77.7 Å². The molecule has 4 aliphatic carbocycles. The van der Waals surface area contributed by atoms with Crippen molar-refractivity contribution in [1.82, 2.24) is 16.0 Å². The van der Waals surface area contributed by atoms with Gasteiger partial charge in [0, 0.05) is 43.8 Å². The van der Waals surface area contributed by atoms with Crippen molar-refractivity contribution in [3.8, 4) is 5.75 Å². The monoisotopic (exact) mass is 956 g/mol. The summed E-state index contributed by atoms with van der Waals surface area (Å²) in [5.41, 5.74) is 3.28. The quantitative estimate of drug-likeness (QED) is 0.0220. The Bertz CT molecular complexity index is 2140. The number of anilines is 1. The minimum atomic E-state index is -0.995. The van der Waals surface area contributed by atoms with Crippen LogP contribution in [0.2, 0.25) is 0 Å². The molecule has 0 saturated heterocycles. The molecule has 1 unspecified atom stereocenters. The summed E-state index contributed by atoms with van der Waals surface area (Å²) in [7, 11) is 0. The normalized spacial score (nSPS) is 26.1. The Morgan fingerprint density at radius 2 is 1.51 bits per heavy atom. The highest BCUT2D eigenvalue weighted by molar-refractivity contribution is 5.98. The Balaban J connectivity index is 0.815. The van der Waals surface area contributed by atoms with E-state index in [-0.39, 0.29) is 48.3 Å². The molecule has 69 heavy (non-hydrogen) atoms. The number of nitro groups is 1. The van der Waals surface area contributed by atoms with Gasteiger partial charge in [0.05, 0.1) is 11.0 Å². The first-order valence-corrected chi connectivity index (χ1v) is 25.5. The lowest BCUT2D eigenvalue weighted by molar-refractivity contribution is -0.384. The maximum Gasteiger partial charge on any atom is 0.514 e. The molecule has 10 atom stereocenters. The fourth-order valence-corrected chi connectivity index (χ4v) is 12.3. The number of hydrogen-bond acceptors (Lipinski definition) is 10. The molecule has 6 rings (SSSR count). The van der Waals surface area contributed by atoms with Gasteiger partial charge in [-0.2, -0.15) is 0 Å². The van der Waals surface area contributed by atoms with Gasteiger partial charge in [-0.25, -0.2) is 4.79 Å². The number of benzene rings is 2. The Morgan fingerprint density at radius 3 is 2.22 bits per heavy atom. The first-order valence-electron chi connectivity index (χ1n) is 25.5. The summed E-state index contributed by atoms with van der Waals surface area (Å²) in [6.07, 6.45) is 16.6. The van der Waals surface area contributed by atoms with Crippen LogP contribution in [-0.2, 0) is 35.3 Å². The summed E-state index contributed by atoms with van der Waals surface area (Å²) in [5.74, 6) is 3.26. The van der Waals surface area contributed by atoms with Crippen molar-refractivity contribution in [2.24, 2.45) is 46.3 Å². The fraction of sp³-hybridized carbons (Fsp3) is 0.648. The SMILES string of the molecule is CC(C)CCC[C@@H](C)[C@H]1CC[C@H]2[C@@H]3CC=C4CC(OCCCNC(=O)CCC(=O)N[C@@H](C)C(=O)N[C@@H](C)C(=O)Nc5ccc(COC(=O)Oc6ccc([N+](=O)[O-])cc6)cc5)CC[C@]4(C)[C@H]3CC[C@]12C. The summed E-state index contributed by atoms with van der Waals surface area (Å²) in [6.45, 7) is 16.4. The second-order valence-corrected chi connectivity index (χ2v) is 21.3. The van der Waals surface area contributed by atoms with Gasteiger partial charge in [-0.05, 0) is 148 Å². The molecular formula is C54H77N5O10. The Morgan fingerprint density at radius 1 is 0.797 bits per heavy atom.